The molecular formula is C20H16N2O6. The molecule has 0 aliphatic heterocycles. The Bertz CT molecular complexity index is 1030. The van der Waals surface area contributed by atoms with E-state index in [9.17, 15) is 30.0 Å². The second-order valence-electron chi connectivity index (χ2n) is 5.93. The van der Waals surface area contributed by atoms with Crippen LogP contribution in [-0.4, -0.2) is 32.2 Å². The van der Waals surface area contributed by atoms with Crippen molar-refractivity contribution in [2.45, 2.75) is 0 Å². The van der Waals surface area contributed by atoms with Crippen molar-refractivity contribution < 1.29 is 30.0 Å². The highest BCUT2D eigenvalue weighted by molar-refractivity contribution is 6.06. The Morgan fingerprint density at radius 2 is 1.07 bits per heavy atom. The molecule has 6 N–H and O–H groups in total. The molecule has 3 aromatic rings. The Morgan fingerprint density at radius 3 is 1.57 bits per heavy atom. The van der Waals surface area contributed by atoms with Gasteiger partial charge in [-0.2, -0.15) is 0 Å². The summed E-state index contributed by atoms with van der Waals surface area (Å²) in [4.78, 5) is 24.3. The Labute approximate surface area is 159 Å². The van der Waals surface area contributed by atoms with Crippen molar-refractivity contribution in [2.75, 3.05) is 10.6 Å². The number of aromatic hydroxyl groups is 4. The van der Waals surface area contributed by atoms with Gasteiger partial charge in [0, 0.05) is 28.6 Å². The molecular weight excluding hydrogens is 364 g/mol. The van der Waals surface area contributed by atoms with Crippen LogP contribution in [0.25, 0.3) is 0 Å². The summed E-state index contributed by atoms with van der Waals surface area (Å²) in [5.41, 5.74) is 1.14. The van der Waals surface area contributed by atoms with Crippen LogP contribution in [0.1, 0.15) is 20.7 Å². The van der Waals surface area contributed by atoms with Gasteiger partial charge in [0.1, 0.15) is 11.5 Å². The maximum Gasteiger partial charge on any atom is 0.255 e. The van der Waals surface area contributed by atoms with Crippen LogP contribution in [-0.2, 0) is 0 Å². The van der Waals surface area contributed by atoms with E-state index in [0.29, 0.717) is 11.4 Å². The number of phenolic OH excluding ortho intramolecular Hbond substituents is 4. The van der Waals surface area contributed by atoms with Crippen LogP contribution in [0, 0.1) is 0 Å². The smallest absolute Gasteiger partial charge is 0.255 e. The van der Waals surface area contributed by atoms with Gasteiger partial charge < -0.3 is 31.1 Å². The van der Waals surface area contributed by atoms with E-state index in [0.717, 1.165) is 12.1 Å². The van der Waals surface area contributed by atoms with E-state index in [2.05, 4.69) is 10.6 Å². The van der Waals surface area contributed by atoms with Gasteiger partial charge in [0.2, 0.25) is 0 Å². The van der Waals surface area contributed by atoms with Crippen molar-refractivity contribution in [1.82, 2.24) is 0 Å². The van der Waals surface area contributed by atoms with Crippen LogP contribution < -0.4 is 10.6 Å². The number of anilines is 2. The van der Waals surface area contributed by atoms with Crippen LogP contribution in [0.2, 0.25) is 0 Å². The molecule has 3 rings (SSSR count). The molecule has 3 aromatic carbocycles. The Kier molecular flexibility index (Phi) is 5.03. The van der Waals surface area contributed by atoms with E-state index in [1.54, 1.807) is 24.3 Å². The summed E-state index contributed by atoms with van der Waals surface area (Å²) in [5.74, 6) is -2.20. The van der Waals surface area contributed by atoms with Gasteiger partial charge >= 0.3 is 0 Å². The van der Waals surface area contributed by atoms with E-state index in [1.807, 2.05) is 0 Å². The van der Waals surface area contributed by atoms with Gasteiger partial charge in [-0.05, 0) is 54.6 Å². The van der Waals surface area contributed by atoms with Crippen molar-refractivity contribution >= 4 is 23.2 Å². The summed E-state index contributed by atoms with van der Waals surface area (Å²) in [7, 11) is 0. The first-order valence-electron chi connectivity index (χ1n) is 8.09. The fourth-order valence-corrected chi connectivity index (χ4v) is 2.43. The zero-order chi connectivity index (χ0) is 20.3. The summed E-state index contributed by atoms with van der Waals surface area (Å²) in [5, 5.41) is 42.9. The predicted octanol–water partition coefficient (Wildman–Crippen LogP) is 3.01. The number of benzene rings is 3. The van der Waals surface area contributed by atoms with E-state index in [4.69, 9.17) is 0 Å². The molecule has 8 heteroatoms. The van der Waals surface area contributed by atoms with Crippen LogP contribution >= 0.6 is 0 Å². The molecule has 0 aliphatic carbocycles. The Balaban J connectivity index is 1.66. The Hall–Kier alpha value is -4.20. The minimum absolute atomic E-state index is 0.0852. The minimum atomic E-state index is -0.525. The van der Waals surface area contributed by atoms with Crippen LogP contribution in [0.5, 0.6) is 23.0 Å². The number of rotatable bonds is 4. The summed E-state index contributed by atoms with van der Waals surface area (Å²) >= 11 is 0. The zero-order valence-corrected chi connectivity index (χ0v) is 14.4. The summed E-state index contributed by atoms with van der Waals surface area (Å²) in [6.07, 6.45) is 0. The molecule has 142 valence electrons. The molecule has 0 radical (unpaired) electrons. The Morgan fingerprint density at radius 1 is 0.571 bits per heavy atom. The molecule has 0 bridgehead atoms. The highest BCUT2D eigenvalue weighted by atomic mass is 16.3. The van der Waals surface area contributed by atoms with Crippen molar-refractivity contribution in [2.24, 2.45) is 0 Å². The largest absolute Gasteiger partial charge is 0.508 e. The van der Waals surface area contributed by atoms with Crippen LogP contribution in [0.3, 0.4) is 0 Å². The van der Waals surface area contributed by atoms with E-state index in [1.165, 1.54) is 24.3 Å². The van der Waals surface area contributed by atoms with Gasteiger partial charge in [0.05, 0.1) is 0 Å². The maximum atomic E-state index is 12.2. The first-order valence-corrected chi connectivity index (χ1v) is 8.09. The van der Waals surface area contributed by atoms with E-state index < -0.39 is 17.6 Å². The van der Waals surface area contributed by atoms with Crippen LogP contribution in [0.4, 0.5) is 11.4 Å². The average molecular weight is 380 g/mol. The molecule has 0 heterocycles. The lowest BCUT2D eigenvalue weighted by atomic mass is 10.1. The topological polar surface area (TPSA) is 139 Å². The molecule has 28 heavy (non-hydrogen) atoms. The molecule has 2 amide bonds. The lowest BCUT2D eigenvalue weighted by molar-refractivity contribution is 0.101. The van der Waals surface area contributed by atoms with Gasteiger partial charge in [-0.15, -0.1) is 0 Å². The van der Waals surface area contributed by atoms with Crippen molar-refractivity contribution in [3.05, 3.63) is 71.8 Å². The van der Waals surface area contributed by atoms with Crippen molar-refractivity contribution in [3.63, 3.8) is 0 Å². The molecule has 0 unspecified atom stereocenters. The molecule has 0 spiro atoms. The molecule has 8 nitrogen and oxygen atoms in total. The SMILES string of the molecule is O=C(Nc1ccc(NC(=O)c2ccc(O)c(O)c2)cc1)c1cc(O)cc(O)c1. The fraction of sp³-hybridized carbons (Fsp3) is 0. The monoisotopic (exact) mass is 380 g/mol. The molecule has 0 saturated heterocycles. The number of hydrogen-bond donors (Lipinski definition) is 6. The molecule has 0 aromatic heterocycles. The molecule has 0 fully saturated rings. The molecule has 0 aliphatic rings. The minimum Gasteiger partial charge on any atom is -0.508 e. The van der Waals surface area contributed by atoms with Gasteiger partial charge in [0.15, 0.2) is 11.5 Å². The third kappa shape index (κ3) is 4.31. The third-order valence-corrected chi connectivity index (χ3v) is 3.80. The van der Waals surface area contributed by atoms with E-state index >= 15 is 0 Å². The first-order chi connectivity index (χ1) is 13.3. The maximum absolute atomic E-state index is 12.2. The highest BCUT2D eigenvalue weighted by Crippen LogP contribution is 2.25. The average Bonchev–Trinajstić information content (AvgIpc) is 2.64. The summed E-state index contributed by atoms with van der Waals surface area (Å²) in [6, 6.07) is 13.5. The molecule has 0 saturated carbocycles. The van der Waals surface area contributed by atoms with Crippen molar-refractivity contribution in [1.29, 1.82) is 0 Å². The number of hydrogen-bond acceptors (Lipinski definition) is 6. The first kappa shape index (κ1) is 18.6. The zero-order valence-electron chi connectivity index (χ0n) is 14.4. The van der Waals surface area contributed by atoms with Crippen molar-refractivity contribution in [3.8, 4) is 23.0 Å². The van der Waals surface area contributed by atoms with Gasteiger partial charge in [0.25, 0.3) is 11.8 Å². The van der Waals surface area contributed by atoms with Crippen LogP contribution in [0.15, 0.2) is 60.7 Å². The summed E-state index contributed by atoms with van der Waals surface area (Å²) in [6.45, 7) is 0. The van der Waals surface area contributed by atoms with Gasteiger partial charge in [-0.25, -0.2) is 0 Å². The normalized spacial score (nSPS) is 10.3. The quantitative estimate of drug-likeness (QED) is 0.385. The number of carbonyl (C=O) groups is 2. The highest BCUT2D eigenvalue weighted by Gasteiger charge is 2.11. The number of amides is 2. The van der Waals surface area contributed by atoms with Gasteiger partial charge in [-0.1, -0.05) is 0 Å². The number of nitrogens with one attached hydrogen (secondary N) is 2. The third-order valence-electron chi connectivity index (χ3n) is 3.80. The standard InChI is InChI=1S/C20H16N2O6/c23-15-7-12(8-16(24)10-15)20(28)22-14-4-2-13(3-5-14)21-19(27)11-1-6-17(25)18(26)9-11/h1-10,23-26H,(H,21,27)(H,22,28). The lowest BCUT2D eigenvalue weighted by Crippen LogP contribution is -2.13. The fourth-order valence-electron chi connectivity index (χ4n) is 2.43. The predicted molar refractivity (Wildman–Crippen MR) is 102 cm³/mol. The second-order valence-corrected chi connectivity index (χ2v) is 5.93. The van der Waals surface area contributed by atoms with Gasteiger partial charge in [-0.3, -0.25) is 9.59 Å². The molecule has 0 atom stereocenters. The number of carbonyl (C=O) groups excluding carboxylic acids is 2. The lowest BCUT2D eigenvalue weighted by Gasteiger charge is -2.09. The number of phenols is 4. The van der Waals surface area contributed by atoms with E-state index in [-0.39, 0.29) is 28.4 Å². The summed E-state index contributed by atoms with van der Waals surface area (Å²) < 4.78 is 0. The second kappa shape index (κ2) is 7.58.